The smallest absolute Gasteiger partial charge is 0.249 e. The molecule has 8 N–H and O–H groups in total. The summed E-state index contributed by atoms with van der Waals surface area (Å²) in [5.74, 6) is -1.63. The predicted molar refractivity (Wildman–Crippen MR) is 123 cm³/mol. The molecule has 0 aromatic heterocycles. The third kappa shape index (κ3) is 7.77. The molecule has 2 heterocycles. The molecule has 2 fully saturated rings. The number of nitrogens with one attached hydrogen (secondary N) is 2. The van der Waals surface area contributed by atoms with Crippen molar-refractivity contribution in [1.29, 1.82) is 0 Å². The third-order valence-electron chi connectivity index (χ3n) is 6.48. The van der Waals surface area contributed by atoms with E-state index in [1.54, 1.807) is 13.8 Å². The fourth-order valence-electron chi connectivity index (χ4n) is 4.32. The molecular formula is C22H40N2O13. The molecule has 12 atom stereocenters. The predicted octanol–water partition coefficient (Wildman–Crippen LogP) is -4.30. The van der Waals surface area contributed by atoms with Crippen molar-refractivity contribution in [3.8, 4) is 0 Å². The largest absolute Gasteiger partial charge is 0.396 e. The molecule has 0 spiro atoms. The molecule has 2 aliphatic rings. The van der Waals surface area contributed by atoms with Gasteiger partial charge in [-0.25, -0.2) is 0 Å². The molecule has 0 aliphatic carbocycles. The minimum atomic E-state index is -1.50. The van der Waals surface area contributed by atoms with Crippen LogP contribution in [0.1, 0.15) is 26.7 Å². The lowest BCUT2D eigenvalue weighted by Gasteiger charge is -2.48. The Bertz CT molecular complexity index is 731. The second kappa shape index (κ2) is 14.6. The molecule has 0 aromatic carbocycles. The molecule has 0 bridgehead atoms. The van der Waals surface area contributed by atoms with Gasteiger partial charge in [-0.05, 0) is 13.8 Å². The molecule has 2 rings (SSSR count). The first-order valence-electron chi connectivity index (χ1n) is 12.1. The molecule has 0 unspecified atom stereocenters. The summed E-state index contributed by atoms with van der Waals surface area (Å²) in [5.41, 5.74) is 0. The normalized spacial score (nSPS) is 38.0. The van der Waals surface area contributed by atoms with E-state index in [1.165, 1.54) is 14.2 Å². The van der Waals surface area contributed by atoms with E-state index in [1.807, 2.05) is 0 Å². The Balaban J connectivity index is 2.16. The van der Waals surface area contributed by atoms with Gasteiger partial charge < -0.3 is 65.0 Å². The number of aliphatic hydroxyl groups excluding tert-OH is 6. The van der Waals surface area contributed by atoms with Crippen LogP contribution in [0.2, 0.25) is 0 Å². The maximum atomic E-state index is 12.3. The van der Waals surface area contributed by atoms with Crippen LogP contribution in [0, 0.1) is 0 Å². The summed E-state index contributed by atoms with van der Waals surface area (Å²) < 4.78 is 28.2. The highest BCUT2D eigenvalue weighted by Crippen LogP contribution is 2.30. The third-order valence-corrected chi connectivity index (χ3v) is 6.48. The fraction of sp³-hybridized carbons (Fsp3) is 0.909. The number of hydrogen-bond donors (Lipinski definition) is 8. The molecule has 2 saturated heterocycles. The van der Waals surface area contributed by atoms with Crippen LogP contribution in [-0.4, -0.2) is 143 Å². The Hall–Kier alpha value is -1.50. The lowest BCUT2D eigenvalue weighted by molar-refractivity contribution is -0.345. The lowest BCUT2D eigenvalue weighted by Crippen LogP contribution is -2.68. The summed E-state index contributed by atoms with van der Waals surface area (Å²) in [7, 11) is 2.60. The van der Waals surface area contributed by atoms with Gasteiger partial charge in [0.1, 0.15) is 36.6 Å². The van der Waals surface area contributed by atoms with E-state index in [0.29, 0.717) is 0 Å². The maximum absolute atomic E-state index is 12.3. The maximum Gasteiger partial charge on any atom is 0.249 e. The van der Waals surface area contributed by atoms with E-state index in [4.69, 9.17) is 33.9 Å². The van der Waals surface area contributed by atoms with Crippen LogP contribution in [-0.2, 0) is 33.3 Å². The number of amides is 2. The number of carbonyl (C=O) groups excluding carboxylic acids is 2. The molecule has 15 nitrogen and oxygen atoms in total. The Morgan fingerprint density at radius 2 is 1.22 bits per heavy atom. The Morgan fingerprint density at radius 3 is 1.62 bits per heavy atom. The SMILES string of the molecule is CO[C@H]1O[C@H](C)[C@@H](NC(=O)[C@H](O)CCO)[C@H](O)[C@@H]1O[C@H]1O[C@H](C)[C@@H](NC(=O)[C@H](O)CCO)[C@H](O)[C@@H]1OC. The zero-order valence-electron chi connectivity index (χ0n) is 21.3. The minimum absolute atomic E-state index is 0.186. The van der Waals surface area contributed by atoms with Gasteiger partial charge in [-0.1, -0.05) is 0 Å². The summed E-state index contributed by atoms with van der Waals surface area (Å²) in [6.07, 6.45) is -12.6. The number of methoxy groups -OCH3 is 2. The van der Waals surface area contributed by atoms with Crippen molar-refractivity contribution >= 4 is 11.8 Å². The van der Waals surface area contributed by atoms with E-state index in [-0.39, 0.29) is 12.8 Å². The highest BCUT2D eigenvalue weighted by atomic mass is 16.7. The van der Waals surface area contributed by atoms with Gasteiger partial charge in [0.05, 0.1) is 24.3 Å². The second-order valence-electron chi connectivity index (χ2n) is 9.06. The van der Waals surface area contributed by atoms with Crippen LogP contribution in [0.3, 0.4) is 0 Å². The Labute approximate surface area is 214 Å². The molecule has 37 heavy (non-hydrogen) atoms. The van der Waals surface area contributed by atoms with Crippen molar-refractivity contribution in [2.45, 2.75) is 100 Å². The number of carbonyl (C=O) groups is 2. The van der Waals surface area contributed by atoms with Gasteiger partial charge in [-0.15, -0.1) is 0 Å². The average Bonchev–Trinajstić information content (AvgIpc) is 2.85. The van der Waals surface area contributed by atoms with Crippen molar-refractivity contribution in [1.82, 2.24) is 10.6 Å². The molecular weight excluding hydrogens is 500 g/mol. The van der Waals surface area contributed by atoms with Crippen LogP contribution in [0.25, 0.3) is 0 Å². The minimum Gasteiger partial charge on any atom is -0.396 e. The van der Waals surface area contributed by atoms with E-state index in [2.05, 4.69) is 10.6 Å². The van der Waals surface area contributed by atoms with Crippen molar-refractivity contribution in [3.05, 3.63) is 0 Å². The number of ether oxygens (including phenoxy) is 5. The fourth-order valence-corrected chi connectivity index (χ4v) is 4.32. The van der Waals surface area contributed by atoms with Crippen LogP contribution < -0.4 is 10.6 Å². The number of hydrogen-bond acceptors (Lipinski definition) is 13. The average molecular weight is 541 g/mol. The molecule has 2 aliphatic heterocycles. The first-order chi connectivity index (χ1) is 17.5. The van der Waals surface area contributed by atoms with E-state index >= 15 is 0 Å². The van der Waals surface area contributed by atoms with Crippen molar-refractivity contribution in [3.63, 3.8) is 0 Å². The monoisotopic (exact) mass is 540 g/mol. The van der Waals surface area contributed by atoms with Gasteiger partial charge >= 0.3 is 0 Å². The summed E-state index contributed by atoms with van der Waals surface area (Å²) in [6, 6.07) is -2.04. The zero-order chi connectivity index (χ0) is 27.9. The quantitative estimate of drug-likeness (QED) is 0.117. The second-order valence-corrected chi connectivity index (χ2v) is 9.06. The van der Waals surface area contributed by atoms with Gasteiger partial charge in [-0.2, -0.15) is 0 Å². The summed E-state index contributed by atoms with van der Waals surface area (Å²) >= 11 is 0. The van der Waals surface area contributed by atoms with Crippen LogP contribution >= 0.6 is 0 Å². The zero-order valence-corrected chi connectivity index (χ0v) is 21.3. The first-order valence-corrected chi connectivity index (χ1v) is 12.1. The Morgan fingerprint density at radius 1 is 0.784 bits per heavy atom. The van der Waals surface area contributed by atoms with Gasteiger partial charge in [0.2, 0.25) is 11.8 Å². The highest BCUT2D eigenvalue weighted by molar-refractivity contribution is 5.81. The van der Waals surface area contributed by atoms with Crippen LogP contribution in [0.4, 0.5) is 0 Å². The summed E-state index contributed by atoms with van der Waals surface area (Å²) in [4.78, 5) is 24.5. The van der Waals surface area contributed by atoms with Crippen molar-refractivity contribution in [2.75, 3.05) is 27.4 Å². The Kier molecular flexibility index (Phi) is 12.5. The van der Waals surface area contributed by atoms with Gasteiger partial charge in [0.15, 0.2) is 12.6 Å². The van der Waals surface area contributed by atoms with Crippen LogP contribution in [0.15, 0.2) is 0 Å². The molecule has 0 aromatic rings. The summed E-state index contributed by atoms with van der Waals surface area (Å²) in [6.45, 7) is 2.31. The molecule has 15 heteroatoms. The van der Waals surface area contributed by atoms with Crippen molar-refractivity contribution < 1.29 is 63.9 Å². The van der Waals surface area contributed by atoms with Crippen molar-refractivity contribution in [2.24, 2.45) is 0 Å². The lowest BCUT2D eigenvalue weighted by atomic mass is 9.94. The molecule has 2 amide bonds. The molecule has 0 saturated carbocycles. The standard InChI is InChI=1S/C22H40N2O13/c1-9-14(24-20(32)12(28)6-8-26)16(30)18(21(34-4)35-9)37-22-17(33-3)15(29)13(10(2)36-22)23-19(31)11(27)5-7-25/h9-18,21-22,25-30H,5-8H2,1-4H3,(H,23,31)(H,24,32)/t9-,10-,11-,12-,13-,14-,15+,16+,17+,18+,21+,22-/m1/s1. The van der Waals surface area contributed by atoms with E-state index < -0.39 is 98.5 Å². The first kappa shape index (κ1) is 31.7. The van der Waals surface area contributed by atoms with E-state index in [9.17, 15) is 30.0 Å². The van der Waals surface area contributed by atoms with Crippen LogP contribution in [0.5, 0.6) is 0 Å². The number of rotatable bonds is 12. The van der Waals surface area contributed by atoms with Gasteiger partial charge in [0.25, 0.3) is 0 Å². The molecule has 216 valence electrons. The topological polar surface area (TPSA) is 226 Å². The number of aliphatic hydroxyl groups is 6. The van der Waals surface area contributed by atoms with Gasteiger partial charge in [-0.3, -0.25) is 9.59 Å². The van der Waals surface area contributed by atoms with E-state index in [0.717, 1.165) is 0 Å². The summed E-state index contributed by atoms with van der Waals surface area (Å²) in [5, 5.41) is 64.5. The highest BCUT2D eigenvalue weighted by Gasteiger charge is 2.51. The molecule has 0 radical (unpaired) electrons. The van der Waals surface area contributed by atoms with Gasteiger partial charge in [0, 0.05) is 40.3 Å².